The summed E-state index contributed by atoms with van der Waals surface area (Å²) in [5, 5.41) is 2.89. The summed E-state index contributed by atoms with van der Waals surface area (Å²) < 4.78 is 26.9. The topological polar surface area (TPSA) is 92.5 Å². The lowest BCUT2D eigenvalue weighted by Crippen LogP contribution is -2.45. The average molecular weight is 353 g/mol. The largest absolute Gasteiger partial charge is 0.356 e. The molecule has 2 rings (SSSR count). The van der Waals surface area contributed by atoms with Gasteiger partial charge in [-0.15, -0.1) is 0 Å². The van der Waals surface area contributed by atoms with Crippen LogP contribution in [0.4, 0.5) is 0 Å². The summed E-state index contributed by atoms with van der Waals surface area (Å²) >= 11 is 0. The van der Waals surface area contributed by atoms with Crippen molar-refractivity contribution in [2.75, 3.05) is 26.2 Å². The van der Waals surface area contributed by atoms with Crippen LogP contribution in [0.1, 0.15) is 31.2 Å². The number of benzene rings is 1. The van der Waals surface area contributed by atoms with E-state index in [0.29, 0.717) is 26.1 Å². The van der Waals surface area contributed by atoms with Gasteiger partial charge in [0.25, 0.3) is 0 Å². The Bertz CT molecular complexity index is 644. The van der Waals surface area contributed by atoms with Crippen molar-refractivity contribution in [3.63, 3.8) is 0 Å². The molecule has 7 heteroatoms. The van der Waals surface area contributed by atoms with Gasteiger partial charge in [-0.3, -0.25) is 4.79 Å². The molecule has 0 bridgehead atoms. The molecule has 1 aromatic carbocycles. The highest BCUT2D eigenvalue weighted by Gasteiger charge is 2.33. The van der Waals surface area contributed by atoms with E-state index in [1.54, 1.807) is 24.3 Å². The highest BCUT2D eigenvalue weighted by molar-refractivity contribution is 7.89. The van der Waals surface area contributed by atoms with E-state index in [9.17, 15) is 13.2 Å². The molecule has 24 heavy (non-hydrogen) atoms. The molecule has 1 unspecified atom stereocenters. The first kappa shape index (κ1) is 18.9. The lowest BCUT2D eigenvalue weighted by Gasteiger charge is -2.31. The molecule has 0 saturated carbocycles. The molecular weight excluding hydrogens is 326 g/mol. The Morgan fingerprint density at radius 1 is 1.29 bits per heavy atom. The van der Waals surface area contributed by atoms with Gasteiger partial charge in [-0.05, 0) is 51.3 Å². The van der Waals surface area contributed by atoms with E-state index in [2.05, 4.69) is 5.32 Å². The summed E-state index contributed by atoms with van der Waals surface area (Å²) in [5.41, 5.74) is 6.45. The van der Waals surface area contributed by atoms with E-state index in [1.165, 1.54) is 4.31 Å². The molecule has 1 aliphatic rings. The molecule has 0 spiro atoms. The van der Waals surface area contributed by atoms with Crippen molar-refractivity contribution >= 4 is 15.9 Å². The van der Waals surface area contributed by atoms with Crippen molar-refractivity contribution in [1.82, 2.24) is 9.62 Å². The number of rotatable bonds is 7. The Hall–Kier alpha value is -1.44. The number of nitrogens with two attached hydrogens (primary N) is 1. The number of aryl methyl sites for hydroxylation is 1. The minimum Gasteiger partial charge on any atom is -0.356 e. The number of carbonyl (C=O) groups excluding carboxylic acids is 1. The van der Waals surface area contributed by atoms with Crippen LogP contribution in [0.25, 0.3) is 0 Å². The second kappa shape index (κ2) is 8.60. The molecule has 1 amide bonds. The van der Waals surface area contributed by atoms with Gasteiger partial charge in [0.05, 0.1) is 10.8 Å². The number of hydrogen-bond acceptors (Lipinski definition) is 4. The van der Waals surface area contributed by atoms with Crippen LogP contribution < -0.4 is 11.1 Å². The molecule has 3 N–H and O–H groups in total. The third-order valence-electron chi connectivity index (χ3n) is 4.34. The second-order valence-electron chi connectivity index (χ2n) is 6.30. The fourth-order valence-electron chi connectivity index (χ4n) is 2.86. The Labute approximate surface area is 144 Å². The maximum Gasteiger partial charge on any atom is 0.243 e. The van der Waals surface area contributed by atoms with Crippen LogP contribution in [0.5, 0.6) is 0 Å². The molecule has 1 aromatic rings. The zero-order valence-electron chi connectivity index (χ0n) is 14.2. The van der Waals surface area contributed by atoms with E-state index in [0.717, 1.165) is 24.8 Å². The SMILES string of the molecule is Cc1ccc(S(=O)(=O)N2CCCC(C(=O)NCCCCN)C2)cc1. The van der Waals surface area contributed by atoms with E-state index >= 15 is 0 Å². The second-order valence-corrected chi connectivity index (χ2v) is 8.24. The number of piperidine rings is 1. The Kier molecular flexibility index (Phi) is 6.77. The maximum absolute atomic E-state index is 12.7. The highest BCUT2D eigenvalue weighted by atomic mass is 32.2. The minimum absolute atomic E-state index is 0.0594. The quantitative estimate of drug-likeness (QED) is 0.722. The van der Waals surface area contributed by atoms with Gasteiger partial charge in [0.1, 0.15) is 0 Å². The predicted octanol–water partition coefficient (Wildman–Crippen LogP) is 1.25. The highest BCUT2D eigenvalue weighted by Crippen LogP contribution is 2.24. The number of hydrogen-bond donors (Lipinski definition) is 2. The predicted molar refractivity (Wildman–Crippen MR) is 94.0 cm³/mol. The van der Waals surface area contributed by atoms with E-state index in [4.69, 9.17) is 5.73 Å². The third kappa shape index (κ3) is 4.78. The molecule has 1 heterocycles. The van der Waals surface area contributed by atoms with Crippen LogP contribution in [-0.4, -0.2) is 44.8 Å². The minimum atomic E-state index is -3.54. The molecule has 1 fully saturated rings. The van der Waals surface area contributed by atoms with Crippen molar-refractivity contribution in [1.29, 1.82) is 0 Å². The molecule has 0 aliphatic carbocycles. The smallest absolute Gasteiger partial charge is 0.243 e. The van der Waals surface area contributed by atoms with E-state index in [1.807, 2.05) is 6.92 Å². The molecule has 134 valence electrons. The fourth-order valence-corrected chi connectivity index (χ4v) is 4.38. The third-order valence-corrected chi connectivity index (χ3v) is 6.22. The average Bonchev–Trinajstić information content (AvgIpc) is 2.59. The van der Waals surface area contributed by atoms with Crippen LogP contribution >= 0.6 is 0 Å². The van der Waals surface area contributed by atoms with Crippen LogP contribution in [0.15, 0.2) is 29.2 Å². The van der Waals surface area contributed by atoms with Gasteiger partial charge in [-0.25, -0.2) is 8.42 Å². The normalized spacial score (nSPS) is 19.2. The van der Waals surface area contributed by atoms with Gasteiger partial charge < -0.3 is 11.1 Å². The number of carbonyl (C=O) groups is 1. The van der Waals surface area contributed by atoms with Crippen molar-refractivity contribution in [3.05, 3.63) is 29.8 Å². The maximum atomic E-state index is 12.7. The zero-order valence-corrected chi connectivity index (χ0v) is 15.0. The van der Waals surface area contributed by atoms with Crippen LogP contribution in [-0.2, 0) is 14.8 Å². The van der Waals surface area contributed by atoms with Crippen LogP contribution in [0, 0.1) is 12.8 Å². The zero-order chi connectivity index (χ0) is 17.6. The van der Waals surface area contributed by atoms with Crippen LogP contribution in [0.3, 0.4) is 0 Å². The number of nitrogens with one attached hydrogen (secondary N) is 1. The lowest BCUT2D eigenvalue weighted by atomic mass is 9.99. The summed E-state index contributed by atoms with van der Waals surface area (Å²) in [6.45, 7) is 3.84. The first-order valence-electron chi connectivity index (χ1n) is 8.49. The van der Waals surface area contributed by atoms with E-state index < -0.39 is 10.0 Å². The number of nitrogens with zero attached hydrogens (tertiary/aromatic N) is 1. The van der Waals surface area contributed by atoms with Crippen molar-refractivity contribution in [2.24, 2.45) is 11.7 Å². The molecule has 1 saturated heterocycles. The number of unbranched alkanes of at least 4 members (excludes halogenated alkanes) is 1. The summed E-state index contributed by atoms with van der Waals surface area (Å²) in [4.78, 5) is 12.5. The standard InChI is InChI=1S/C17H27N3O3S/c1-14-6-8-16(9-7-14)24(22,23)20-12-4-5-15(13-20)17(21)19-11-3-2-10-18/h6-9,15H,2-5,10-13,18H2,1H3,(H,19,21). The monoisotopic (exact) mass is 353 g/mol. The molecule has 1 atom stereocenters. The molecule has 1 aliphatic heterocycles. The lowest BCUT2D eigenvalue weighted by molar-refractivity contribution is -0.126. The Morgan fingerprint density at radius 3 is 2.67 bits per heavy atom. The summed E-state index contributed by atoms with van der Waals surface area (Å²) in [7, 11) is -3.54. The number of amides is 1. The fraction of sp³-hybridized carbons (Fsp3) is 0.588. The van der Waals surface area contributed by atoms with Gasteiger partial charge in [0.15, 0.2) is 0 Å². The molecule has 6 nitrogen and oxygen atoms in total. The van der Waals surface area contributed by atoms with Gasteiger partial charge in [-0.2, -0.15) is 4.31 Å². The van der Waals surface area contributed by atoms with Gasteiger partial charge in [-0.1, -0.05) is 17.7 Å². The van der Waals surface area contributed by atoms with Crippen LogP contribution in [0.2, 0.25) is 0 Å². The molecule has 0 radical (unpaired) electrons. The van der Waals surface area contributed by atoms with Gasteiger partial charge in [0.2, 0.25) is 15.9 Å². The Balaban J connectivity index is 1.99. The van der Waals surface area contributed by atoms with Crippen molar-refractivity contribution in [2.45, 2.75) is 37.5 Å². The van der Waals surface area contributed by atoms with E-state index in [-0.39, 0.29) is 23.3 Å². The Morgan fingerprint density at radius 2 is 2.00 bits per heavy atom. The first-order valence-corrected chi connectivity index (χ1v) is 9.94. The summed E-state index contributed by atoms with van der Waals surface area (Å²) in [6.07, 6.45) is 3.15. The van der Waals surface area contributed by atoms with Crippen molar-refractivity contribution < 1.29 is 13.2 Å². The number of sulfonamides is 1. The van der Waals surface area contributed by atoms with Gasteiger partial charge in [0, 0.05) is 19.6 Å². The van der Waals surface area contributed by atoms with Crippen molar-refractivity contribution in [3.8, 4) is 0 Å². The summed E-state index contributed by atoms with van der Waals surface area (Å²) in [5.74, 6) is -0.340. The van der Waals surface area contributed by atoms with Gasteiger partial charge >= 0.3 is 0 Å². The molecule has 0 aromatic heterocycles. The summed E-state index contributed by atoms with van der Waals surface area (Å²) in [6, 6.07) is 6.83. The molecular formula is C17H27N3O3S. The first-order chi connectivity index (χ1) is 11.4.